The number of carboxylic acid groups (broad SMARTS) is 1. The largest absolute Gasteiger partial charge is 0.481 e. The van der Waals surface area contributed by atoms with Crippen LogP contribution in [0.25, 0.3) is 0 Å². The van der Waals surface area contributed by atoms with E-state index in [-0.39, 0.29) is 6.79 Å². The van der Waals surface area contributed by atoms with Gasteiger partial charge in [0.25, 0.3) is 0 Å². The minimum absolute atomic E-state index is 0.175. The van der Waals surface area contributed by atoms with E-state index < -0.39 is 11.9 Å². The zero-order valence-corrected chi connectivity index (χ0v) is 10.3. The Bertz CT molecular complexity index is 430. The molecule has 1 heterocycles. The van der Waals surface area contributed by atoms with Gasteiger partial charge in [-0.15, -0.1) is 0 Å². The SMILES string of the molecule is CC(C(=O)O)c1cc(Br)cc2c1OCOC2. The lowest BCUT2D eigenvalue weighted by atomic mass is 9.97. The van der Waals surface area contributed by atoms with E-state index in [9.17, 15) is 4.79 Å². The maximum Gasteiger partial charge on any atom is 0.310 e. The van der Waals surface area contributed by atoms with Crippen molar-refractivity contribution in [2.45, 2.75) is 19.4 Å². The second kappa shape index (κ2) is 4.43. The molecule has 0 aliphatic carbocycles. The highest BCUT2D eigenvalue weighted by atomic mass is 79.9. The molecule has 16 heavy (non-hydrogen) atoms. The van der Waals surface area contributed by atoms with Crippen LogP contribution in [0.5, 0.6) is 5.75 Å². The van der Waals surface area contributed by atoms with Gasteiger partial charge in [0, 0.05) is 15.6 Å². The van der Waals surface area contributed by atoms with Crippen molar-refractivity contribution >= 4 is 21.9 Å². The molecule has 0 aromatic heterocycles. The fourth-order valence-corrected chi connectivity index (χ4v) is 2.19. The molecule has 1 atom stereocenters. The molecule has 5 heteroatoms. The Hall–Kier alpha value is -1.07. The number of carboxylic acids is 1. The molecule has 4 nitrogen and oxygen atoms in total. The van der Waals surface area contributed by atoms with Crippen molar-refractivity contribution in [2.24, 2.45) is 0 Å². The topological polar surface area (TPSA) is 55.8 Å². The van der Waals surface area contributed by atoms with Gasteiger partial charge in [-0.05, 0) is 19.1 Å². The van der Waals surface area contributed by atoms with Crippen LogP contribution in [0.1, 0.15) is 24.0 Å². The van der Waals surface area contributed by atoms with E-state index >= 15 is 0 Å². The van der Waals surface area contributed by atoms with Gasteiger partial charge in [0.1, 0.15) is 5.75 Å². The Morgan fingerprint density at radius 1 is 1.56 bits per heavy atom. The third-order valence-electron chi connectivity index (χ3n) is 2.54. The summed E-state index contributed by atoms with van der Waals surface area (Å²) in [5, 5.41) is 9.03. The van der Waals surface area contributed by atoms with Gasteiger partial charge in [-0.3, -0.25) is 4.79 Å². The molecule has 0 saturated carbocycles. The molecule has 0 bridgehead atoms. The lowest BCUT2D eigenvalue weighted by Crippen LogP contribution is -2.16. The normalized spacial score (nSPS) is 16.1. The molecule has 0 radical (unpaired) electrons. The summed E-state index contributed by atoms with van der Waals surface area (Å²) in [6, 6.07) is 3.66. The summed E-state index contributed by atoms with van der Waals surface area (Å²) in [6.07, 6.45) is 0. The van der Waals surface area contributed by atoms with Crippen molar-refractivity contribution in [1.82, 2.24) is 0 Å². The van der Waals surface area contributed by atoms with E-state index in [0.29, 0.717) is 17.9 Å². The summed E-state index contributed by atoms with van der Waals surface area (Å²) >= 11 is 3.35. The fraction of sp³-hybridized carbons (Fsp3) is 0.364. The van der Waals surface area contributed by atoms with Crippen LogP contribution in [-0.2, 0) is 16.1 Å². The molecule has 86 valence electrons. The summed E-state index contributed by atoms with van der Waals surface area (Å²) in [5.74, 6) is -0.816. The van der Waals surface area contributed by atoms with E-state index in [1.807, 2.05) is 6.07 Å². The van der Waals surface area contributed by atoms with Crippen molar-refractivity contribution < 1.29 is 19.4 Å². The lowest BCUT2D eigenvalue weighted by Gasteiger charge is -2.22. The van der Waals surface area contributed by atoms with E-state index in [2.05, 4.69) is 15.9 Å². The summed E-state index contributed by atoms with van der Waals surface area (Å²) in [7, 11) is 0. The summed E-state index contributed by atoms with van der Waals surface area (Å²) in [4.78, 5) is 11.0. The molecule has 0 spiro atoms. The molecule has 1 aromatic carbocycles. The standard InChI is InChI=1S/C11H11BrO4/c1-6(11(13)14)9-3-8(12)2-7-4-15-5-16-10(7)9/h2-3,6H,4-5H2,1H3,(H,13,14). The van der Waals surface area contributed by atoms with Crippen molar-refractivity contribution in [3.05, 3.63) is 27.7 Å². The van der Waals surface area contributed by atoms with Crippen LogP contribution in [0.3, 0.4) is 0 Å². The zero-order valence-electron chi connectivity index (χ0n) is 8.70. The summed E-state index contributed by atoms with van der Waals surface area (Å²) in [5.41, 5.74) is 1.56. The Morgan fingerprint density at radius 3 is 3.00 bits per heavy atom. The third-order valence-corrected chi connectivity index (χ3v) is 3.00. The Kier molecular flexibility index (Phi) is 3.16. The summed E-state index contributed by atoms with van der Waals surface area (Å²) in [6.45, 7) is 2.27. The first-order chi connectivity index (χ1) is 7.59. The molecular weight excluding hydrogens is 276 g/mol. The van der Waals surface area contributed by atoms with Gasteiger partial charge in [0.15, 0.2) is 6.79 Å². The predicted octanol–water partition coefficient (Wildman–Crippen LogP) is 2.50. The molecular formula is C11H11BrO4. The van der Waals surface area contributed by atoms with Crippen LogP contribution in [0, 0.1) is 0 Å². The second-order valence-electron chi connectivity index (χ2n) is 3.65. The van der Waals surface area contributed by atoms with Crippen LogP contribution in [-0.4, -0.2) is 17.9 Å². The predicted molar refractivity (Wildman–Crippen MR) is 60.5 cm³/mol. The van der Waals surface area contributed by atoms with Crippen LogP contribution < -0.4 is 4.74 Å². The molecule has 1 aliphatic heterocycles. The Morgan fingerprint density at radius 2 is 2.31 bits per heavy atom. The average molecular weight is 287 g/mol. The molecule has 1 aliphatic rings. The molecule has 1 N–H and O–H groups in total. The number of fused-ring (bicyclic) bond motifs is 1. The summed E-state index contributed by atoms with van der Waals surface area (Å²) < 4.78 is 11.4. The second-order valence-corrected chi connectivity index (χ2v) is 4.57. The number of ether oxygens (including phenoxy) is 2. The van der Waals surface area contributed by atoms with Gasteiger partial charge in [0.2, 0.25) is 0 Å². The molecule has 0 saturated heterocycles. The van der Waals surface area contributed by atoms with Crippen LogP contribution >= 0.6 is 15.9 Å². The lowest BCUT2D eigenvalue weighted by molar-refractivity contribution is -0.138. The van der Waals surface area contributed by atoms with Crippen LogP contribution in [0.15, 0.2) is 16.6 Å². The van der Waals surface area contributed by atoms with Crippen molar-refractivity contribution in [1.29, 1.82) is 0 Å². The maximum atomic E-state index is 11.0. The molecule has 0 amide bonds. The van der Waals surface area contributed by atoms with E-state index in [1.54, 1.807) is 13.0 Å². The van der Waals surface area contributed by atoms with E-state index in [0.717, 1.165) is 10.0 Å². The number of benzene rings is 1. The smallest absolute Gasteiger partial charge is 0.310 e. The molecule has 2 rings (SSSR count). The van der Waals surface area contributed by atoms with Gasteiger partial charge in [0.05, 0.1) is 12.5 Å². The van der Waals surface area contributed by atoms with Crippen molar-refractivity contribution in [3.8, 4) is 5.75 Å². The van der Waals surface area contributed by atoms with Gasteiger partial charge < -0.3 is 14.6 Å². The van der Waals surface area contributed by atoms with Gasteiger partial charge in [-0.2, -0.15) is 0 Å². The molecule has 1 aromatic rings. The van der Waals surface area contributed by atoms with Gasteiger partial charge >= 0.3 is 5.97 Å². The van der Waals surface area contributed by atoms with Gasteiger partial charge in [-0.1, -0.05) is 15.9 Å². The van der Waals surface area contributed by atoms with Crippen molar-refractivity contribution in [3.63, 3.8) is 0 Å². The minimum atomic E-state index is -0.865. The third kappa shape index (κ3) is 2.05. The van der Waals surface area contributed by atoms with Crippen LogP contribution in [0.2, 0.25) is 0 Å². The fourth-order valence-electron chi connectivity index (χ4n) is 1.66. The highest BCUT2D eigenvalue weighted by Gasteiger charge is 2.23. The Labute approximate surface area is 101 Å². The minimum Gasteiger partial charge on any atom is -0.481 e. The maximum absolute atomic E-state index is 11.0. The van der Waals surface area contributed by atoms with E-state index in [4.69, 9.17) is 14.6 Å². The number of hydrogen-bond acceptors (Lipinski definition) is 3. The first-order valence-electron chi connectivity index (χ1n) is 4.85. The first-order valence-corrected chi connectivity index (χ1v) is 5.64. The quantitative estimate of drug-likeness (QED) is 0.908. The number of carbonyl (C=O) groups is 1. The van der Waals surface area contributed by atoms with Crippen molar-refractivity contribution in [2.75, 3.05) is 6.79 Å². The van der Waals surface area contributed by atoms with Gasteiger partial charge in [-0.25, -0.2) is 0 Å². The molecule has 0 fully saturated rings. The Balaban J connectivity index is 2.51. The van der Waals surface area contributed by atoms with Crippen LogP contribution in [0.4, 0.5) is 0 Å². The highest BCUT2D eigenvalue weighted by Crippen LogP contribution is 2.36. The first kappa shape index (κ1) is 11.4. The number of halogens is 1. The van der Waals surface area contributed by atoms with E-state index in [1.165, 1.54) is 0 Å². The number of aliphatic carboxylic acids is 1. The number of hydrogen-bond donors (Lipinski definition) is 1. The monoisotopic (exact) mass is 286 g/mol. The highest BCUT2D eigenvalue weighted by molar-refractivity contribution is 9.10. The molecule has 1 unspecified atom stereocenters. The number of rotatable bonds is 2. The average Bonchev–Trinajstić information content (AvgIpc) is 2.26. The zero-order chi connectivity index (χ0) is 11.7.